The Morgan fingerprint density at radius 3 is 2.65 bits per heavy atom. The van der Waals surface area contributed by atoms with Gasteiger partial charge in [-0.2, -0.15) is 5.10 Å². The molecule has 0 aliphatic heterocycles. The lowest BCUT2D eigenvalue weighted by Gasteiger charge is -2.32. The van der Waals surface area contributed by atoms with E-state index in [0.29, 0.717) is 0 Å². The molecular formula is C15H22N4S. The largest absolute Gasteiger partial charge is 0.323 e. The summed E-state index contributed by atoms with van der Waals surface area (Å²) >= 11 is 1.75. The van der Waals surface area contributed by atoms with Crippen LogP contribution in [-0.4, -0.2) is 14.8 Å². The topological polar surface area (TPSA) is 56.7 Å². The molecular weight excluding hydrogens is 268 g/mol. The van der Waals surface area contributed by atoms with E-state index in [1.54, 1.807) is 11.3 Å². The second-order valence-corrected chi connectivity index (χ2v) is 7.68. The number of aromatic nitrogens is 3. The minimum absolute atomic E-state index is 0.122. The van der Waals surface area contributed by atoms with Crippen molar-refractivity contribution in [3.8, 4) is 10.6 Å². The molecule has 0 bridgehead atoms. The van der Waals surface area contributed by atoms with Crippen LogP contribution in [0.15, 0.2) is 0 Å². The van der Waals surface area contributed by atoms with Gasteiger partial charge in [0.25, 0.3) is 0 Å². The van der Waals surface area contributed by atoms with E-state index >= 15 is 0 Å². The third kappa shape index (κ3) is 2.09. The van der Waals surface area contributed by atoms with Crippen molar-refractivity contribution in [2.75, 3.05) is 0 Å². The van der Waals surface area contributed by atoms with Crippen LogP contribution in [0.3, 0.4) is 0 Å². The van der Waals surface area contributed by atoms with Crippen molar-refractivity contribution in [2.45, 2.75) is 46.6 Å². The summed E-state index contributed by atoms with van der Waals surface area (Å²) in [6.07, 6.45) is 2.05. The van der Waals surface area contributed by atoms with E-state index in [4.69, 9.17) is 10.7 Å². The summed E-state index contributed by atoms with van der Waals surface area (Å²) in [5, 5.41) is 5.57. The van der Waals surface area contributed by atoms with Crippen molar-refractivity contribution in [2.24, 2.45) is 18.2 Å². The Balaban J connectivity index is 2.11. The molecule has 1 aliphatic rings. The first kappa shape index (κ1) is 13.8. The summed E-state index contributed by atoms with van der Waals surface area (Å²) in [7, 11) is 1.98. The van der Waals surface area contributed by atoms with Gasteiger partial charge in [0, 0.05) is 23.7 Å². The lowest BCUT2D eigenvalue weighted by atomic mass is 9.77. The van der Waals surface area contributed by atoms with Crippen LogP contribution in [0.1, 0.15) is 48.3 Å². The third-order valence-electron chi connectivity index (χ3n) is 4.21. The molecule has 0 fully saturated rings. The second kappa shape index (κ2) is 4.40. The van der Waals surface area contributed by atoms with Gasteiger partial charge in [0.2, 0.25) is 0 Å². The maximum Gasteiger partial charge on any atom is 0.127 e. The minimum atomic E-state index is 0.122. The van der Waals surface area contributed by atoms with Crippen LogP contribution in [0.4, 0.5) is 0 Å². The van der Waals surface area contributed by atoms with Crippen LogP contribution in [0.25, 0.3) is 10.6 Å². The summed E-state index contributed by atoms with van der Waals surface area (Å²) < 4.78 is 1.93. The molecule has 108 valence electrons. The van der Waals surface area contributed by atoms with Crippen molar-refractivity contribution in [1.82, 2.24) is 14.8 Å². The second-order valence-electron chi connectivity index (χ2n) is 6.65. The molecule has 2 aromatic heterocycles. The van der Waals surface area contributed by atoms with E-state index in [0.717, 1.165) is 23.5 Å². The summed E-state index contributed by atoms with van der Waals surface area (Å²) in [6, 6.07) is 0.122. The molecule has 2 aromatic rings. The fourth-order valence-corrected chi connectivity index (χ4v) is 4.42. The van der Waals surface area contributed by atoms with Crippen LogP contribution >= 0.6 is 11.3 Å². The van der Waals surface area contributed by atoms with Crippen molar-refractivity contribution >= 4 is 11.3 Å². The molecule has 20 heavy (non-hydrogen) atoms. The Morgan fingerprint density at radius 1 is 1.35 bits per heavy atom. The first-order valence-corrected chi connectivity index (χ1v) is 7.86. The molecule has 3 rings (SSSR count). The van der Waals surface area contributed by atoms with Crippen molar-refractivity contribution < 1.29 is 0 Å². The minimum Gasteiger partial charge on any atom is -0.323 e. The molecule has 0 spiro atoms. The summed E-state index contributed by atoms with van der Waals surface area (Å²) in [5.41, 5.74) is 11.2. The molecule has 5 heteroatoms. The molecule has 1 aliphatic carbocycles. The average Bonchev–Trinajstić information content (AvgIpc) is 2.80. The van der Waals surface area contributed by atoms with Crippen molar-refractivity contribution in [1.29, 1.82) is 0 Å². The predicted octanol–water partition coefficient (Wildman–Crippen LogP) is 3.13. The SMILES string of the molecule is Cc1nn(C)c(C)c1-c1nc2c(s1)C(N)CC(C)(C)C2. The van der Waals surface area contributed by atoms with Gasteiger partial charge in [-0.05, 0) is 32.1 Å². The van der Waals surface area contributed by atoms with Crippen molar-refractivity contribution in [3.05, 3.63) is 22.0 Å². The lowest BCUT2D eigenvalue weighted by Crippen LogP contribution is -2.28. The molecule has 0 saturated heterocycles. The van der Waals surface area contributed by atoms with Crippen LogP contribution in [0, 0.1) is 19.3 Å². The molecule has 0 aromatic carbocycles. The normalized spacial score (nSPS) is 21.0. The summed E-state index contributed by atoms with van der Waals surface area (Å²) in [6.45, 7) is 8.69. The highest BCUT2D eigenvalue weighted by Gasteiger charge is 2.33. The Bertz CT molecular complexity index is 666. The average molecular weight is 290 g/mol. The Morgan fingerprint density at radius 2 is 2.05 bits per heavy atom. The molecule has 0 saturated carbocycles. The van der Waals surface area contributed by atoms with E-state index in [2.05, 4.69) is 25.9 Å². The zero-order valence-corrected chi connectivity index (χ0v) is 13.6. The van der Waals surface area contributed by atoms with Crippen LogP contribution in [-0.2, 0) is 13.5 Å². The smallest absolute Gasteiger partial charge is 0.127 e. The number of hydrogen-bond donors (Lipinski definition) is 1. The monoisotopic (exact) mass is 290 g/mol. The van der Waals surface area contributed by atoms with Gasteiger partial charge < -0.3 is 5.73 Å². The fraction of sp³-hybridized carbons (Fsp3) is 0.600. The van der Waals surface area contributed by atoms with E-state index in [9.17, 15) is 0 Å². The molecule has 4 nitrogen and oxygen atoms in total. The number of fused-ring (bicyclic) bond motifs is 1. The maximum atomic E-state index is 6.34. The fourth-order valence-electron chi connectivity index (χ4n) is 3.18. The lowest BCUT2D eigenvalue weighted by molar-refractivity contribution is 0.282. The Labute approximate surface area is 124 Å². The summed E-state index contributed by atoms with van der Waals surface area (Å²) in [4.78, 5) is 6.15. The zero-order valence-electron chi connectivity index (χ0n) is 12.8. The molecule has 2 N–H and O–H groups in total. The first-order chi connectivity index (χ1) is 9.28. The number of thiazole rings is 1. The first-order valence-electron chi connectivity index (χ1n) is 7.04. The zero-order chi connectivity index (χ0) is 14.7. The highest BCUT2D eigenvalue weighted by molar-refractivity contribution is 7.15. The predicted molar refractivity (Wildman–Crippen MR) is 82.8 cm³/mol. The van der Waals surface area contributed by atoms with Crippen LogP contribution < -0.4 is 5.73 Å². The molecule has 1 unspecified atom stereocenters. The Kier molecular flexibility index (Phi) is 3.03. The van der Waals surface area contributed by atoms with Gasteiger partial charge in [-0.3, -0.25) is 4.68 Å². The van der Waals surface area contributed by atoms with Gasteiger partial charge >= 0.3 is 0 Å². The van der Waals surface area contributed by atoms with Gasteiger partial charge in [-0.15, -0.1) is 11.3 Å². The molecule has 2 heterocycles. The van der Waals surface area contributed by atoms with E-state index in [-0.39, 0.29) is 11.5 Å². The summed E-state index contributed by atoms with van der Waals surface area (Å²) in [5.74, 6) is 0. The van der Waals surface area contributed by atoms with E-state index < -0.39 is 0 Å². The number of rotatable bonds is 1. The number of hydrogen-bond acceptors (Lipinski definition) is 4. The van der Waals surface area contributed by atoms with E-state index in [1.165, 1.54) is 21.8 Å². The number of aryl methyl sites for hydroxylation is 2. The van der Waals surface area contributed by atoms with Gasteiger partial charge in [-0.25, -0.2) is 4.98 Å². The van der Waals surface area contributed by atoms with Crippen LogP contribution in [0.2, 0.25) is 0 Å². The third-order valence-corrected chi connectivity index (χ3v) is 5.45. The Hall–Kier alpha value is -1.20. The molecule has 1 atom stereocenters. The van der Waals surface area contributed by atoms with Crippen LogP contribution in [0.5, 0.6) is 0 Å². The van der Waals surface area contributed by atoms with Gasteiger partial charge in [0.15, 0.2) is 0 Å². The van der Waals surface area contributed by atoms with Crippen molar-refractivity contribution in [3.63, 3.8) is 0 Å². The highest BCUT2D eigenvalue weighted by atomic mass is 32.1. The number of nitrogens with two attached hydrogens (primary N) is 1. The van der Waals surface area contributed by atoms with Gasteiger partial charge in [0.05, 0.1) is 17.0 Å². The maximum absolute atomic E-state index is 6.34. The van der Waals surface area contributed by atoms with Gasteiger partial charge in [-0.1, -0.05) is 13.8 Å². The standard InChI is InChI=1S/C15H22N4S/c1-8-12(9(2)19(5)18-8)14-17-11-7-15(3,4)6-10(16)13(11)20-14/h10H,6-7,16H2,1-5H3. The highest BCUT2D eigenvalue weighted by Crippen LogP contribution is 2.44. The quantitative estimate of drug-likeness (QED) is 0.878. The van der Waals surface area contributed by atoms with E-state index in [1.807, 2.05) is 18.7 Å². The number of nitrogens with zero attached hydrogens (tertiary/aromatic N) is 3. The molecule has 0 radical (unpaired) electrons. The van der Waals surface area contributed by atoms with Gasteiger partial charge in [0.1, 0.15) is 5.01 Å². The molecule has 0 amide bonds.